The molecule has 0 amide bonds. The van der Waals surface area contributed by atoms with Crippen LogP contribution in [0.4, 0.5) is 4.39 Å². The minimum atomic E-state index is -0.661. The van der Waals surface area contributed by atoms with Crippen molar-refractivity contribution in [1.82, 2.24) is 9.78 Å². The van der Waals surface area contributed by atoms with Crippen LogP contribution in [0.25, 0.3) is 6.08 Å². The number of nitrogens with zero attached hydrogens (tertiary/aromatic N) is 3. The summed E-state index contributed by atoms with van der Waals surface area (Å²) < 4.78 is 14.6. The minimum absolute atomic E-state index is 0.0406. The normalized spacial score (nSPS) is 12.1. The average Bonchev–Trinajstić information content (AvgIpc) is 2.80. The molecular weight excluding hydrogens is 341 g/mol. The molecule has 6 heteroatoms. The van der Waals surface area contributed by atoms with Gasteiger partial charge in [0.1, 0.15) is 17.0 Å². The predicted molar refractivity (Wildman–Crippen MR) is 95.5 cm³/mol. The maximum atomic E-state index is 13.0. The number of Topliss-reactive ketones (excluding diaryl/α,β-unsaturated/α-hetero) is 1. The SMILES string of the molecule is Cc1nn(Cc2ccc(F)cc2)c(Cl)c1/C=C(\C#N)C(=O)C(C)(C)C. The summed E-state index contributed by atoms with van der Waals surface area (Å²) in [6, 6.07) is 8.00. The van der Waals surface area contributed by atoms with Crippen LogP contribution in [0.3, 0.4) is 0 Å². The second-order valence-corrected chi connectivity index (χ2v) is 7.18. The quantitative estimate of drug-likeness (QED) is 0.594. The zero-order valence-electron chi connectivity index (χ0n) is 14.6. The summed E-state index contributed by atoms with van der Waals surface area (Å²) in [7, 11) is 0. The standard InChI is InChI=1S/C19H19ClFN3O/c1-12-16(9-14(10-22)17(25)19(2,3)4)18(20)24(23-12)11-13-5-7-15(21)8-6-13/h5-9H,11H2,1-4H3/b14-9+. The molecule has 0 fully saturated rings. The van der Waals surface area contributed by atoms with E-state index in [0.29, 0.717) is 23.0 Å². The van der Waals surface area contributed by atoms with Crippen molar-refractivity contribution in [2.24, 2.45) is 5.41 Å². The first-order valence-corrected chi connectivity index (χ1v) is 8.15. The first-order valence-electron chi connectivity index (χ1n) is 7.77. The van der Waals surface area contributed by atoms with E-state index in [1.807, 2.05) is 6.07 Å². The maximum Gasteiger partial charge on any atom is 0.178 e. The van der Waals surface area contributed by atoms with Gasteiger partial charge in [-0.3, -0.25) is 4.79 Å². The maximum absolute atomic E-state index is 13.0. The number of aromatic nitrogens is 2. The molecule has 0 bridgehead atoms. The number of allylic oxidation sites excluding steroid dienone is 1. The lowest BCUT2D eigenvalue weighted by Gasteiger charge is -2.15. The highest BCUT2D eigenvalue weighted by Crippen LogP contribution is 2.26. The Labute approximate surface area is 151 Å². The predicted octanol–water partition coefficient (Wildman–Crippen LogP) is 4.55. The van der Waals surface area contributed by atoms with Crippen molar-refractivity contribution in [3.63, 3.8) is 0 Å². The van der Waals surface area contributed by atoms with Gasteiger partial charge in [0.25, 0.3) is 0 Å². The molecule has 0 unspecified atom stereocenters. The largest absolute Gasteiger partial charge is 0.293 e. The van der Waals surface area contributed by atoms with Crippen molar-refractivity contribution in [2.45, 2.75) is 34.2 Å². The summed E-state index contributed by atoms with van der Waals surface area (Å²) >= 11 is 6.39. The Hall–Kier alpha value is -2.45. The summed E-state index contributed by atoms with van der Waals surface area (Å²) in [6.45, 7) is 7.39. The van der Waals surface area contributed by atoms with Crippen LogP contribution in [-0.4, -0.2) is 15.6 Å². The molecule has 0 saturated heterocycles. The second kappa shape index (κ2) is 7.20. The second-order valence-electron chi connectivity index (χ2n) is 6.82. The van der Waals surface area contributed by atoms with Crippen LogP contribution >= 0.6 is 11.6 Å². The molecule has 1 aromatic carbocycles. The molecule has 1 heterocycles. The topological polar surface area (TPSA) is 58.7 Å². The van der Waals surface area contributed by atoms with Gasteiger partial charge in [-0.2, -0.15) is 10.4 Å². The van der Waals surface area contributed by atoms with Crippen molar-refractivity contribution in [2.75, 3.05) is 0 Å². The number of nitriles is 1. The van der Waals surface area contributed by atoms with E-state index in [4.69, 9.17) is 11.6 Å². The minimum Gasteiger partial charge on any atom is -0.293 e. The molecule has 0 aliphatic rings. The molecule has 0 radical (unpaired) electrons. The van der Waals surface area contributed by atoms with Gasteiger partial charge in [0.2, 0.25) is 0 Å². The number of ketones is 1. The monoisotopic (exact) mass is 359 g/mol. The Bertz CT molecular complexity index is 868. The molecule has 0 spiro atoms. The fourth-order valence-electron chi connectivity index (χ4n) is 2.30. The van der Waals surface area contributed by atoms with E-state index < -0.39 is 5.41 Å². The summed E-state index contributed by atoms with van der Waals surface area (Å²) in [4.78, 5) is 12.4. The molecule has 1 aromatic heterocycles. The molecule has 0 atom stereocenters. The molecule has 25 heavy (non-hydrogen) atoms. The van der Waals surface area contributed by atoms with E-state index in [9.17, 15) is 14.4 Å². The van der Waals surface area contributed by atoms with Crippen LogP contribution in [0.2, 0.25) is 5.15 Å². The van der Waals surface area contributed by atoms with Gasteiger partial charge in [0.05, 0.1) is 17.8 Å². The van der Waals surface area contributed by atoms with Gasteiger partial charge in [-0.25, -0.2) is 9.07 Å². The molecule has 2 aromatic rings. The third-order valence-corrected chi connectivity index (χ3v) is 4.09. The van der Waals surface area contributed by atoms with Gasteiger partial charge in [-0.15, -0.1) is 0 Å². The van der Waals surface area contributed by atoms with Crippen LogP contribution in [0.1, 0.15) is 37.6 Å². The lowest BCUT2D eigenvalue weighted by atomic mass is 9.86. The fraction of sp³-hybridized carbons (Fsp3) is 0.316. The van der Waals surface area contributed by atoms with Gasteiger partial charge < -0.3 is 0 Å². The Morgan fingerprint density at radius 3 is 2.48 bits per heavy atom. The smallest absolute Gasteiger partial charge is 0.178 e. The van der Waals surface area contributed by atoms with E-state index in [1.54, 1.807) is 44.5 Å². The number of rotatable bonds is 4. The zero-order chi connectivity index (χ0) is 18.8. The summed E-state index contributed by atoms with van der Waals surface area (Å²) in [6.07, 6.45) is 1.49. The number of halogens is 2. The zero-order valence-corrected chi connectivity index (χ0v) is 15.4. The molecule has 4 nitrogen and oxygen atoms in total. The molecule has 0 aliphatic heterocycles. The van der Waals surface area contributed by atoms with Crippen LogP contribution in [0, 0.1) is 29.5 Å². The Morgan fingerprint density at radius 2 is 1.96 bits per heavy atom. The van der Waals surface area contributed by atoms with Crippen LogP contribution in [-0.2, 0) is 11.3 Å². The lowest BCUT2D eigenvalue weighted by molar-refractivity contribution is -0.121. The van der Waals surface area contributed by atoms with Gasteiger partial charge in [-0.1, -0.05) is 44.5 Å². The summed E-state index contributed by atoms with van der Waals surface area (Å²) in [5.41, 5.74) is 1.37. The number of hydrogen-bond donors (Lipinski definition) is 0. The van der Waals surface area contributed by atoms with Crippen molar-refractivity contribution in [1.29, 1.82) is 5.26 Å². The van der Waals surface area contributed by atoms with Crippen LogP contribution < -0.4 is 0 Å². The third kappa shape index (κ3) is 4.34. The number of benzene rings is 1. The Morgan fingerprint density at radius 1 is 1.36 bits per heavy atom. The highest BCUT2D eigenvalue weighted by Gasteiger charge is 2.26. The fourth-order valence-corrected chi connectivity index (χ4v) is 2.58. The Kier molecular flexibility index (Phi) is 5.44. The van der Waals surface area contributed by atoms with Crippen LogP contribution in [0.5, 0.6) is 0 Å². The van der Waals surface area contributed by atoms with E-state index in [-0.39, 0.29) is 17.2 Å². The van der Waals surface area contributed by atoms with Gasteiger partial charge >= 0.3 is 0 Å². The van der Waals surface area contributed by atoms with Gasteiger partial charge in [0, 0.05) is 11.0 Å². The third-order valence-electron chi connectivity index (χ3n) is 3.69. The number of hydrogen-bond acceptors (Lipinski definition) is 3. The highest BCUT2D eigenvalue weighted by molar-refractivity contribution is 6.31. The van der Waals surface area contributed by atoms with Crippen molar-refractivity contribution < 1.29 is 9.18 Å². The van der Waals surface area contributed by atoms with Gasteiger partial charge in [0.15, 0.2) is 5.78 Å². The number of aryl methyl sites for hydroxylation is 1. The van der Waals surface area contributed by atoms with Gasteiger partial charge in [-0.05, 0) is 30.7 Å². The van der Waals surface area contributed by atoms with E-state index in [1.165, 1.54) is 18.2 Å². The summed E-state index contributed by atoms with van der Waals surface area (Å²) in [5.74, 6) is -0.564. The number of carbonyl (C=O) groups is 1. The first kappa shape index (κ1) is 18.9. The van der Waals surface area contributed by atoms with Crippen LogP contribution in [0.15, 0.2) is 29.8 Å². The molecule has 0 saturated carbocycles. The van der Waals surface area contributed by atoms with Crippen molar-refractivity contribution in [3.05, 3.63) is 57.6 Å². The molecule has 0 aliphatic carbocycles. The van der Waals surface area contributed by atoms with E-state index in [2.05, 4.69) is 5.10 Å². The molecule has 130 valence electrons. The van der Waals surface area contributed by atoms with Crippen molar-refractivity contribution in [3.8, 4) is 6.07 Å². The van der Waals surface area contributed by atoms with Crippen molar-refractivity contribution >= 4 is 23.5 Å². The first-order chi connectivity index (χ1) is 11.6. The number of carbonyl (C=O) groups excluding carboxylic acids is 1. The average molecular weight is 360 g/mol. The molecule has 2 rings (SSSR count). The van der Waals surface area contributed by atoms with E-state index >= 15 is 0 Å². The Balaban J connectivity index is 2.39. The molecule has 0 N–H and O–H groups in total. The van der Waals surface area contributed by atoms with E-state index in [0.717, 1.165) is 5.56 Å². The molecular formula is C19H19ClFN3O. The highest BCUT2D eigenvalue weighted by atomic mass is 35.5. The lowest BCUT2D eigenvalue weighted by Crippen LogP contribution is -2.21. The summed E-state index contributed by atoms with van der Waals surface area (Å²) in [5, 5.41) is 14.0.